The minimum atomic E-state index is -5.38. The zero-order chi connectivity index (χ0) is 11.7. The van der Waals surface area contributed by atoms with Gasteiger partial charge in [0, 0.05) is 9.77 Å². The molecule has 0 aliphatic carbocycles. The summed E-state index contributed by atoms with van der Waals surface area (Å²) in [4.78, 5) is 3.44. The predicted molar refractivity (Wildman–Crippen MR) is 55.6 cm³/mol. The van der Waals surface area contributed by atoms with Gasteiger partial charge in [0.25, 0.3) is 0 Å². The van der Waals surface area contributed by atoms with Gasteiger partial charge in [-0.1, -0.05) is 0 Å². The number of nitrogens with one attached hydrogen (secondary N) is 1. The van der Waals surface area contributed by atoms with E-state index in [2.05, 4.69) is 4.98 Å². The summed E-state index contributed by atoms with van der Waals surface area (Å²) in [7, 11) is -5.38. The minimum absolute atomic E-state index is 0.362. The molecule has 0 unspecified atom stereocenters. The number of halogens is 4. The Bertz CT molecular complexity index is 460. The van der Waals surface area contributed by atoms with Crippen LogP contribution in [0.5, 0.6) is 0 Å². The van der Waals surface area contributed by atoms with Crippen LogP contribution in [0.1, 0.15) is 0 Å². The molecule has 1 aromatic heterocycles. The van der Waals surface area contributed by atoms with Crippen molar-refractivity contribution in [3.63, 3.8) is 0 Å². The van der Waals surface area contributed by atoms with Gasteiger partial charge in [-0.05, 0) is 34.7 Å². The van der Waals surface area contributed by atoms with Crippen LogP contribution in [0, 0.1) is 3.57 Å². The molecule has 84 valence electrons. The van der Waals surface area contributed by atoms with Crippen LogP contribution in [0.3, 0.4) is 0 Å². The number of anilines is 1. The summed E-state index contributed by atoms with van der Waals surface area (Å²) in [5.41, 5.74) is -5.34. The van der Waals surface area contributed by atoms with Crippen molar-refractivity contribution < 1.29 is 21.6 Å². The molecule has 0 spiro atoms. The maximum absolute atomic E-state index is 11.9. The second-order valence-electron chi connectivity index (χ2n) is 2.41. The number of pyridine rings is 1. The number of nitrogens with zero attached hydrogens (tertiary/aromatic N) is 1. The summed E-state index contributed by atoms with van der Waals surface area (Å²) in [6, 6.07) is 2.70. The first-order chi connectivity index (χ1) is 6.72. The van der Waals surface area contributed by atoms with Crippen LogP contribution in [0.2, 0.25) is 0 Å². The third kappa shape index (κ3) is 3.19. The van der Waals surface area contributed by atoms with Crippen molar-refractivity contribution in [2.24, 2.45) is 0 Å². The maximum atomic E-state index is 11.9. The van der Waals surface area contributed by atoms with E-state index in [1.54, 1.807) is 0 Å². The monoisotopic (exact) mass is 352 g/mol. The minimum Gasteiger partial charge on any atom is -0.260 e. The fourth-order valence-electron chi connectivity index (χ4n) is 0.656. The zero-order valence-corrected chi connectivity index (χ0v) is 9.89. The van der Waals surface area contributed by atoms with Crippen molar-refractivity contribution in [3.8, 4) is 0 Å². The van der Waals surface area contributed by atoms with E-state index in [0.29, 0.717) is 3.57 Å². The summed E-state index contributed by atoms with van der Waals surface area (Å²) < 4.78 is 59.0. The van der Waals surface area contributed by atoms with Crippen LogP contribution in [0.25, 0.3) is 0 Å². The van der Waals surface area contributed by atoms with Crippen molar-refractivity contribution in [2.45, 2.75) is 5.51 Å². The fraction of sp³-hybridized carbons (Fsp3) is 0.167. The molecule has 1 heterocycles. The Hall–Kier alpha value is -0.580. The fourth-order valence-corrected chi connectivity index (χ4v) is 1.61. The molecule has 1 aromatic rings. The lowest BCUT2D eigenvalue weighted by atomic mass is 10.5. The van der Waals surface area contributed by atoms with Gasteiger partial charge in [0.1, 0.15) is 5.82 Å². The molecule has 0 aliphatic rings. The summed E-state index contributed by atoms with van der Waals surface area (Å²) in [6.45, 7) is 0. The summed E-state index contributed by atoms with van der Waals surface area (Å²) >= 11 is 1.82. The van der Waals surface area contributed by atoms with Crippen LogP contribution in [0.4, 0.5) is 19.0 Å². The highest BCUT2D eigenvalue weighted by atomic mass is 127. The molecule has 0 radical (unpaired) electrons. The molecule has 0 aliphatic heterocycles. The SMILES string of the molecule is O=S(=O)(Nc1cc(I)ccn1)C(F)(F)F. The lowest BCUT2D eigenvalue weighted by Gasteiger charge is -2.09. The lowest BCUT2D eigenvalue weighted by molar-refractivity contribution is -0.0429. The van der Waals surface area contributed by atoms with E-state index in [1.807, 2.05) is 22.6 Å². The molecule has 0 bridgehead atoms. The molecule has 1 N–H and O–H groups in total. The molecule has 4 nitrogen and oxygen atoms in total. The van der Waals surface area contributed by atoms with Gasteiger partial charge in [-0.15, -0.1) is 0 Å². The van der Waals surface area contributed by atoms with E-state index in [9.17, 15) is 21.6 Å². The van der Waals surface area contributed by atoms with Crippen molar-refractivity contribution >= 4 is 38.4 Å². The predicted octanol–water partition coefficient (Wildman–Crippen LogP) is 1.95. The number of hydrogen-bond donors (Lipinski definition) is 1. The van der Waals surface area contributed by atoms with Gasteiger partial charge < -0.3 is 0 Å². The average molecular weight is 352 g/mol. The Morgan fingerprint density at radius 3 is 2.47 bits per heavy atom. The molecule has 1 rings (SSSR count). The molecule has 0 amide bonds. The van der Waals surface area contributed by atoms with Crippen molar-refractivity contribution in [1.29, 1.82) is 0 Å². The van der Waals surface area contributed by atoms with Crippen LogP contribution in [-0.4, -0.2) is 18.9 Å². The normalized spacial score (nSPS) is 12.5. The van der Waals surface area contributed by atoms with Crippen molar-refractivity contribution in [3.05, 3.63) is 21.9 Å². The Kier molecular flexibility index (Phi) is 3.43. The highest BCUT2D eigenvalue weighted by molar-refractivity contribution is 14.1. The van der Waals surface area contributed by atoms with E-state index >= 15 is 0 Å². The molecular formula is C6H4F3IN2O2S. The van der Waals surface area contributed by atoms with Gasteiger partial charge >= 0.3 is 15.5 Å². The van der Waals surface area contributed by atoms with E-state index in [0.717, 1.165) is 0 Å². The van der Waals surface area contributed by atoms with E-state index in [1.165, 1.54) is 23.1 Å². The largest absolute Gasteiger partial charge is 0.516 e. The highest BCUT2D eigenvalue weighted by Gasteiger charge is 2.46. The number of sulfonamides is 1. The molecule has 0 saturated carbocycles. The number of aromatic nitrogens is 1. The third-order valence-electron chi connectivity index (χ3n) is 1.27. The molecule has 0 atom stereocenters. The van der Waals surface area contributed by atoms with Crippen molar-refractivity contribution in [1.82, 2.24) is 4.98 Å². The van der Waals surface area contributed by atoms with Gasteiger partial charge in [-0.2, -0.15) is 21.6 Å². The number of alkyl halides is 3. The second-order valence-corrected chi connectivity index (χ2v) is 5.33. The zero-order valence-electron chi connectivity index (χ0n) is 6.92. The van der Waals surface area contributed by atoms with E-state index in [4.69, 9.17) is 0 Å². The Morgan fingerprint density at radius 1 is 1.40 bits per heavy atom. The number of hydrogen-bond acceptors (Lipinski definition) is 3. The van der Waals surface area contributed by atoms with Gasteiger partial charge in [-0.3, -0.25) is 4.72 Å². The van der Waals surface area contributed by atoms with Crippen LogP contribution >= 0.6 is 22.6 Å². The molecule has 0 aromatic carbocycles. The first-order valence-electron chi connectivity index (χ1n) is 3.43. The summed E-state index contributed by atoms with van der Waals surface area (Å²) in [5, 5.41) is 0. The van der Waals surface area contributed by atoms with Gasteiger partial charge in [0.05, 0.1) is 0 Å². The quantitative estimate of drug-likeness (QED) is 0.828. The van der Waals surface area contributed by atoms with Crippen molar-refractivity contribution in [2.75, 3.05) is 4.72 Å². The van der Waals surface area contributed by atoms with Gasteiger partial charge in [0.2, 0.25) is 0 Å². The molecule has 9 heteroatoms. The van der Waals surface area contributed by atoms with E-state index < -0.39 is 15.5 Å². The highest BCUT2D eigenvalue weighted by Crippen LogP contribution is 2.24. The molecule has 15 heavy (non-hydrogen) atoms. The maximum Gasteiger partial charge on any atom is 0.516 e. The standard InChI is InChI=1S/C6H4F3IN2O2S/c7-6(8,9)15(13,14)12-5-3-4(10)1-2-11-5/h1-3H,(H,11,12). The van der Waals surface area contributed by atoms with Crippen LogP contribution in [-0.2, 0) is 10.0 Å². The first kappa shape index (κ1) is 12.5. The Balaban J connectivity index is 2.98. The molecular weight excluding hydrogens is 348 g/mol. The van der Waals surface area contributed by atoms with Crippen LogP contribution < -0.4 is 4.72 Å². The molecule has 0 saturated heterocycles. The lowest BCUT2D eigenvalue weighted by Crippen LogP contribution is -2.30. The smallest absolute Gasteiger partial charge is 0.260 e. The molecule has 0 fully saturated rings. The van der Waals surface area contributed by atoms with Gasteiger partial charge in [0.15, 0.2) is 0 Å². The van der Waals surface area contributed by atoms with E-state index in [-0.39, 0.29) is 5.82 Å². The topological polar surface area (TPSA) is 59.1 Å². The Labute approximate surface area is 97.1 Å². The number of rotatable bonds is 2. The third-order valence-corrected chi connectivity index (χ3v) is 3.02. The summed E-state index contributed by atoms with van der Waals surface area (Å²) in [6.07, 6.45) is 1.20. The average Bonchev–Trinajstić information content (AvgIpc) is 2.00. The van der Waals surface area contributed by atoms with Gasteiger partial charge in [-0.25, -0.2) is 4.98 Å². The second kappa shape index (κ2) is 4.12. The summed E-state index contributed by atoms with van der Waals surface area (Å²) in [5.74, 6) is -0.362. The van der Waals surface area contributed by atoms with Crippen LogP contribution in [0.15, 0.2) is 18.3 Å². The Morgan fingerprint density at radius 2 is 2.00 bits per heavy atom. The first-order valence-corrected chi connectivity index (χ1v) is 5.99.